The summed E-state index contributed by atoms with van der Waals surface area (Å²) in [5.74, 6) is -0.185. The molecular weight excluding hydrogens is 319 g/mol. The molecule has 0 spiro atoms. The largest absolute Gasteiger partial charge is 0.454 e. The fourth-order valence-corrected chi connectivity index (χ4v) is 2.09. The van der Waals surface area contributed by atoms with Gasteiger partial charge in [-0.3, -0.25) is 14.9 Å². The lowest BCUT2D eigenvalue weighted by Crippen LogP contribution is -2.09. The third kappa shape index (κ3) is 3.32. The van der Waals surface area contributed by atoms with Crippen LogP contribution in [0.2, 0.25) is 0 Å². The van der Waals surface area contributed by atoms with E-state index in [0.717, 1.165) is 18.2 Å². The topological polar surface area (TPSA) is 90.7 Å². The summed E-state index contributed by atoms with van der Waals surface area (Å²) >= 11 is 0. The van der Waals surface area contributed by atoms with Crippen molar-refractivity contribution in [2.24, 2.45) is 0 Å². The molecule has 2 aromatic rings. The van der Waals surface area contributed by atoms with Crippen molar-refractivity contribution in [1.29, 1.82) is 0 Å². The number of nitro benzene ring substituents is 1. The van der Waals surface area contributed by atoms with Gasteiger partial charge in [-0.05, 0) is 29.8 Å². The molecule has 0 saturated carbocycles. The molecule has 122 valence electrons. The van der Waals surface area contributed by atoms with Crippen molar-refractivity contribution < 1.29 is 23.6 Å². The molecule has 0 bridgehead atoms. The van der Waals surface area contributed by atoms with Gasteiger partial charge in [0.15, 0.2) is 11.5 Å². The summed E-state index contributed by atoms with van der Waals surface area (Å²) in [6, 6.07) is 8.04. The van der Waals surface area contributed by atoms with E-state index in [-0.39, 0.29) is 18.2 Å². The fraction of sp³-hybridized carbons (Fsp3) is 0.0625. The Hall–Kier alpha value is -3.42. The minimum Gasteiger partial charge on any atom is -0.454 e. The average molecular weight is 330 g/mol. The van der Waals surface area contributed by atoms with E-state index in [9.17, 15) is 19.3 Å². The van der Waals surface area contributed by atoms with Crippen LogP contribution in [0.1, 0.15) is 5.56 Å². The second kappa shape index (κ2) is 6.37. The molecule has 8 heteroatoms. The number of hydrogen-bond donors (Lipinski definition) is 1. The molecule has 7 nitrogen and oxygen atoms in total. The highest BCUT2D eigenvalue weighted by molar-refractivity contribution is 6.02. The average Bonchev–Trinajstić information content (AvgIpc) is 3.02. The first-order chi connectivity index (χ1) is 11.5. The zero-order valence-corrected chi connectivity index (χ0v) is 12.2. The van der Waals surface area contributed by atoms with Crippen LogP contribution in [-0.4, -0.2) is 17.6 Å². The van der Waals surface area contributed by atoms with Crippen LogP contribution in [0.15, 0.2) is 42.5 Å². The maximum atomic E-state index is 13.6. The first-order valence-corrected chi connectivity index (χ1v) is 6.85. The summed E-state index contributed by atoms with van der Waals surface area (Å²) in [7, 11) is 0. The SMILES string of the molecule is O=C(/C=C/c1ccc2c(c1)OCO2)Nc1cc([N+](=O)[O-])ccc1F. The molecule has 0 atom stereocenters. The van der Waals surface area contributed by atoms with E-state index in [1.807, 2.05) is 0 Å². The predicted molar refractivity (Wildman–Crippen MR) is 83.3 cm³/mol. The van der Waals surface area contributed by atoms with Gasteiger partial charge in [0.2, 0.25) is 12.7 Å². The van der Waals surface area contributed by atoms with Crippen molar-refractivity contribution >= 4 is 23.4 Å². The number of halogens is 1. The van der Waals surface area contributed by atoms with Gasteiger partial charge in [0.1, 0.15) is 5.82 Å². The number of nitrogens with zero attached hydrogens (tertiary/aromatic N) is 1. The van der Waals surface area contributed by atoms with Crippen LogP contribution >= 0.6 is 0 Å². The van der Waals surface area contributed by atoms with Crippen molar-refractivity contribution in [2.45, 2.75) is 0 Å². The lowest BCUT2D eigenvalue weighted by atomic mass is 10.2. The number of nitro groups is 1. The molecule has 0 radical (unpaired) electrons. The highest BCUT2D eigenvalue weighted by Gasteiger charge is 2.13. The van der Waals surface area contributed by atoms with E-state index < -0.39 is 16.6 Å². The Kier molecular flexibility index (Phi) is 4.11. The van der Waals surface area contributed by atoms with Gasteiger partial charge >= 0.3 is 0 Å². The van der Waals surface area contributed by atoms with Crippen LogP contribution in [0.4, 0.5) is 15.8 Å². The Bertz CT molecular complexity index is 850. The van der Waals surface area contributed by atoms with Crippen LogP contribution < -0.4 is 14.8 Å². The normalized spacial score (nSPS) is 12.4. The van der Waals surface area contributed by atoms with Crippen LogP contribution in [-0.2, 0) is 4.79 Å². The number of benzene rings is 2. The smallest absolute Gasteiger partial charge is 0.271 e. The predicted octanol–water partition coefficient (Wildman–Crippen LogP) is 3.11. The summed E-state index contributed by atoms with van der Waals surface area (Å²) in [5, 5.41) is 13.0. The van der Waals surface area contributed by atoms with E-state index in [0.29, 0.717) is 17.1 Å². The molecule has 2 aromatic carbocycles. The Labute approximate surface area is 135 Å². The third-order valence-electron chi connectivity index (χ3n) is 3.24. The number of carbonyl (C=O) groups excluding carboxylic acids is 1. The fourth-order valence-electron chi connectivity index (χ4n) is 2.09. The molecule has 0 aliphatic carbocycles. The van der Waals surface area contributed by atoms with Gasteiger partial charge < -0.3 is 14.8 Å². The number of nitrogens with one attached hydrogen (secondary N) is 1. The van der Waals surface area contributed by atoms with Crippen molar-refractivity contribution in [3.63, 3.8) is 0 Å². The molecule has 1 aliphatic heterocycles. The highest BCUT2D eigenvalue weighted by atomic mass is 19.1. The molecule has 3 rings (SSSR count). The van der Waals surface area contributed by atoms with E-state index in [1.54, 1.807) is 18.2 Å². The van der Waals surface area contributed by atoms with Crippen LogP contribution in [0.5, 0.6) is 11.5 Å². The molecule has 0 aromatic heterocycles. The zero-order chi connectivity index (χ0) is 17.1. The van der Waals surface area contributed by atoms with Gasteiger partial charge in [-0.2, -0.15) is 0 Å². The Balaban J connectivity index is 1.71. The number of fused-ring (bicyclic) bond motifs is 1. The molecule has 1 aliphatic rings. The molecule has 0 unspecified atom stereocenters. The second-order valence-electron chi connectivity index (χ2n) is 4.86. The summed E-state index contributed by atoms with van der Waals surface area (Å²) in [6.45, 7) is 0.148. The van der Waals surface area contributed by atoms with Crippen LogP contribution in [0, 0.1) is 15.9 Å². The maximum Gasteiger partial charge on any atom is 0.271 e. The lowest BCUT2D eigenvalue weighted by molar-refractivity contribution is -0.384. The van der Waals surface area contributed by atoms with Crippen molar-refractivity contribution in [3.8, 4) is 11.5 Å². The lowest BCUT2D eigenvalue weighted by Gasteiger charge is -2.03. The number of amides is 1. The minimum atomic E-state index is -0.759. The number of ether oxygens (including phenoxy) is 2. The number of anilines is 1. The highest BCUT2D eigenvalue weighted by Crippen LogP contribution is 2.32. The number of non-ortho nitro benzene ring substituents is 1. The minimum absolute atomic E-state index is 0.148. The van der Waals surface area contributed by atoms with Crippen LogP contribution in [0.25, 0.3) is 6.08 Å². The maximum absolute atomic E-state index is 13.6. The number of carbonyl (C=O) groups is 1. The van der Waals surface area contributed by atoms with E-state index in [2.05, 4.69) is 5.32 Å². The third-order valence-corrected chi connectivity index (χ3v) is 3.24. The van der Waals surface area contributed by atoms with Crippen LogP contribution in [0.3, 0.4) is 0 Å². The molecule has 0 fully saturated rings. The summed E-state index contributed by atoms with van der Waals surface area (Å²) in [6.07, 6.45) is 2.70. The molecule has 0 saturated heterocycles. The van der Waals surface area contributed by atoms with Gasteiger partial charge in [-0.25, -0.2) is 4.39 Å². The second-order valence-corrected chi connectivity index (χ2v) is 4.86. The monoisotopic (exact) mass is 330 g/mol. The Morgan fingerprint density at radius 3 is 2.79 bits per heavy atom. The Morgan fingerprint density at radius 2 is 2.00 bits per heavy atom. The van der Waals surface area contributed by atoms with E-state index >= 15 is 0 Å². The summed E-state index contributed by atoms with van der Waals surface area (Å²) in [4.78, 5) is 21.9. The number of rotatable bonds is 4. The van der Waals surface area contributed by atoms with Gasteiger partial charge in [-0.15, -0.1) is 0 Å². The van der Waals surface area contributed by atoms with Crippen molar-refractivity contribution in [2.75, 3.05) is 12.1 Å². The van der Waals surface area contributed by atoms with Crippen molar-refractivity contribution in [3.05, 3.63) is 64.0 Å². The quantitative estimate of drug-likeness (QED) is 0.528. The van der Waals surface area contributed by atoms with E-state index in [1.165, 1.54) is 12.2 Å². The molecule has 1 amide bonds. The van der Waals surface area contributed by atoms with Crippen molar-refractivity contribution in [1.82, 2.24) is 0 Å². The first-order valence-electron chi connectivity index (χ1n) is 6.85. The van der Waals surface area contributed by atoms with Gasteiger partial charge in [0.05, 0.1) is 10.6 Å². The molecular formula is C16H11FN2O5. The zero-order valence-electron chi connectivity index (χ0n) is 12.2. The van der Waals surface area contributed by atoms with E-state index in [4.69, 9.17) is 9.47 Å². The summed E-state index contributed by atoms with van der Waals surface area (Å²) in [5.41, 5.74) is 0.116. The molecule has 1 heterocycles. The van der Waals surface area contributed by atoms with Gasteiger partial charge in [-0.1, -0.05) is 6.07 Å². The van der Waals surface area contributed by atoms with Gasteiger partial charge in [0.25, 0.3) is 5.69 Å². The molecule has 24 heavy (non-hydrogen) atoms. The Morgan fingerprint density at radius 1 is 1.21 bits per heavy atom. The first kappa shape index (κ1) is 15.5. The number of hydrogen-bond acceptors (Lipinski definition) is 5. The standard InChI is InChI=1S/C16H11FN2O5/c17-12-4-3-11(19(21)22)8-13(12)18-16(20)6-2-10-1-5-14-15(7-10)24-9-23-14/h1-8H,9H2,(H,18,20)/b6-2+. The van der Waals surface area contributed by atoms with Gasteiger partial charge in [0, 0.05) is 18.2 Å². The molecule has 1 N–H and O–H groups in total. The summed E-state index contributed by atoms with van der Waals surface area (Å²) < 4.78 is 24.0.